The minimum Gasteiger partial charge on any atom is -0.350 e. The summed E-state index contributed by atoms with van der Waals surface area (Å²) < 4.78 is 2.03. The maximum absolute atomic E-state index is 12.3. The van der Waals surface area contributed by atoms with Crippen molar-refractivity contribution in [1.82, 2.24) is 14.9 Å². The summed E-state index contributed by atoms with van der Waals surface area (Å²) in [6.45, 7) is 4.56. The van der Waals surface area contributed by atoms with Gasteiger partial charge in [-0.3, -0.25) is 9.36 Å². The van der Waals surface area contributed by atoms with E-state index in [9.17, 15) is 4.79 Å². The zero-order valence-corrected chi connectivity index (χ0v) is 15.2. The molecule has 0 spiro atoms. The minimum absolute atomic E-state index is 0.0210. The number of nitrogens with zero attached hydrogens (tertiary/aromatic N) is 2. The summed E-state index contributed by atoms with van der Waals surface area (Å²) in [7, 11) is 0. The second kappa shape index (κ2) is 7.68. The lowest BCUT2D eigenvalue weighted by Gasteiger charge is -2.14. The van der Waals surface area contributed by atoms with E-state index < -0.39 is 0 Å². The molecule has 3 rings (SSSR count). The maximum atomic E-state index is 12.3. The fourth-order valence-electron chi connectivity index (χ4n) is 2.34. The summed E-state index contributed by atoms with van der Waals surface area (Å²) in [4.78, 5) is 17.9. The standard InChI is InChI=1S/C18H19N3OS2/c1-13-6-3-4-8-16(13)21-10-9-19-18(21)24-14(2)17(22)20-12-15-7-5-11-23-15/h3-11,14H,12H2,1-2H3,(H,20,22). The Balaban J connectivity index is 1.67. The van der Waals surface area contributed by atoms with Gasteiger partial charge in [-0.2, -0.15) is 0 Å². The van der Waals surface area contributed by atoms with Gasteiger partial charge >= 0.3 is 0 Å². The van der Waals surface area contributed by atoms with Crippen molar-refractivity contribution >= 4 is 29.0 Å². The molecular formula is C18H19N3OS2. The lowest BCUT2D eigenvalue weighted by Crippen LogP contribution is -2.30. The molecule has 4 nitrogen and oxygen atoms in total. The number of aromatic nitrogens is 2. The molecule has 6 heteroatoms. The molecule has 0 fully saturated rings. The average Bonchev–Trinajstić information content (AvgIpc) is 3.25. The third-order valence-electron chi connectivity index (χ3n) is 3.65. The van der Waals surface area contributed by atoms with Gasteiger partial charge in [-0.1, -0.05) is 36.0 Å². The number of rotatable bonds is 6. The molecule has 3 aromatic rings. The SMILES string of the molecule is Cc1ccccc1-n1ccnc1SC(C)C(=O)NCc1cccs1. The van der Waals surface area contributed by atoms with Gasteiger partial charge in [0.05, 0.1) is 17.5 Å². The molecule has 1 N–H and O–H groups in total. The van der Waals surface area contributed by atoms with E-state index in [-0.39, 0.29) is 11.2 Å². The van der Waals surface area contributed by atoms with Gasteiger partial charge in [-0.25, -0.2) is 4.98 Å². The molecule has 124 valence electrons. The van der Waals surface area contributed by atoms with Crippen molar-refractivity contribution in [2.45, 2.75) is 30.8 Å². The molecule has 0 radical (unpaired) electrons. The highest BCUT2D eigenvalue weighted by Crippen LogP contribution is 2.26. The summed E-state index contributed by atoms with van der Waals surface area (Å²) in [5.74, 6) is 0.0210. The average molecular weight is 358 g/mol. The monoisotopic (exact) mass is 357 g/mol. The van der Waals surface area contributed by atoms with Gasteiger partial charge in [-0.15, -0.1) is 11.3 Å². The van der Waals surface area contributed by atoms with Gasteiger partial charge in [0.15, 0.2) is 5.16 Å². The Labute approximate surface area is 149 Å². The quantitative estimate of drug-likeness (QED) is 0.677. The van der Waals surface area contributed by atoms with Crippen LogP contribution in [-0.4, -0.2) is 20.7 Å². The molecule has 1 amide bonds. The van der Waals surface area contributed by atoms with Crippen LogP contribution in [0.15, 0.2) is 59.3 Å². The van der Waals surface area contributed by atoms with E-state index in [2.05, 4.69) is 29.4 Å². The van der Waals surface area contributed by atoms with Crippen molar-refractivity contribution in [3.8, 4) is 5.69 Å². The van der Waals surface area contributed by atoms with Gasteiger partial charge in [0.1, 0.15) is 0 Å². The number of benzene rings is 1. The molecule has 0 aliphatic heterocycles. The molecule has 0 aliphatic rings. The zero-order chi connectivity index (χ0) is 16.9. The van der Waals surface area contributed by atoms with Crippen molar-refractivity contribution in [3.63, 3.8) is 0 Å². The molecule has 0 bridgehead atoms. The Bertz CT molecular complexity index is 811. The summed E-state index contributed by atoms with van der Waals surface area (Å²) in [5.41, 5.74) is 2.26. The number of amides is 1. The molecule has 0 aliphatic carbocycles. The summed E-state index contributed by atoms with van der Waals surface area (Å²) in [5, 5.41) is 5.60. The van der Waals surface area contributed by atoms with Gasteiger partial charge in [0, 0.05) is 17.3 Å². The lowest BCUT2D eigenvalue weighted by atomic mass is 10.2. The van der Waals surface area contributed by atoms with Gasteiger partial charge in [-0.05, 0) is 36.9 Å². The van der Waals surface area contributed by atoms with Crippen LogP contribution >= 0.6 is 23.1 Å². The minimum atomic E-state index is -0.213. The van der Waals surface area contributed by atoms with Crippen molar-refractivity contribution in [3.05, 3.63) is 64.6 Å². The topological polar surface area (TPSA) is 46.9 Å². The maximum Gasteiger partial charge on any atom is 0.233 e. The van der Waals surface area contributed by atoms with E-state index in [0.717, 1.165) is 15.7 Å². The molecule has 1 unspecified atom stereocenters. The zero-order valence-electron chi connectivity index (χ0n) is 13.6. The predicted molar refractivity (Wildman–Crippen MR) is 99.8 cm³/mol. The van der Waals surface area contributed by atoms with Crippen molar-refractivity contribution in [2.24, 2.45) is 0 Å². The van der Waals surface area contributed by atoms with Crippen molar-refractivity contribution in [2.75, 3.05) is 0 Å². The van der Waals surface area contributed by atoms with Crippen LogP contribution in [0.3, 0.4) is 0 Å². The highest BCUT2D eigenvalue weighted by Gasteiger charge is 2.18. The highest BCUT2D eigenvalue weighted by molar-refractivity contribution is 8.00. The first kappa shape index (κ1) is 16.8. The number of carbonyl (C=O) groups is 1. The number of hydrogen-bond donors (Lipinski definition) is 1. The van der Waals surface area contributed by atoms with Gasteiger partial charge in [0.25, 0.3) is 0 Å². The molecule has 0 saturated carbocycles. The predicted octanol–water partition coefficient (Wildman–Crippen LogP) is 4.04. The second-order valence-corrected chi connectivity index (χ2v) is 7.76. The van der Waals surface area contributed by atoms with Crippen LogP contribution in [0.4, 0.5) is 0 Å². The Hall–Kier alpha value is -2.05. The van der Waals surface area contributed by atoms with Crippen LogP contribution in [0.5, 0.6) is 0 Å². The first-order valence-electron chi connectivity index (χ1n) is 7.71. The number of carbonyl (C=O) groups excluding carboxylic acids is 1. The number of imidazole rings is 1. The Kier molecular flexibility index (Phi) is 5.37. The van der Waals surface area contributed by atoms with E-state index >= 15 is 0 Å². The van der Waals surface area contributed by atoms with Crippen molar-refractivity contribution in [1.29, 1.82) is 0 Å². The highest BCUT2D eigenvalue weighted by atomic mass is 32.2. The van der Waals surface area contributed by atoms with Crippen LogP contribution in [0, 0.1) is 6.92 Å². The first-order chi connectivity index (χ1) is 11.6. The molecule has 2 aromatic heterocycles. The van der Waals surface area contributed by atoms with E-state index in [1.165, 1.54) is 17.3 Å². The largest absolute Gasteiger partial charge is 0.350 e. The van der Waals surface area contributed by atoms with E-state index in [0.29, 0.717) is 6.54 Å². The lowest BCUT2D eigenvalue weighted by molar-refractivity contribution is -0.120. The van der Waals surface area contributed by atoms with E-state index in [1.54, 1.807) is 17.5 Å². The molecular weight excluding hydrogens is 338 g/mol. The van der Waals surface area contributed by atoms with Crippen LogP contribution in [-0.2, 0) is 11.3 Å². The molecule has 24 heavy (non-hydrogen) atoms. The van der Waals surface area contributed by atoms with Gasteiger partial charge < -0.3 is 5.32 Å². The Morgan fingerprint density at radius 2 is 2.17 bits per heavy atom. The normalized spacial score (nSPS) is 12.1. The molecule has 2 heterocycles. The number of aryl methyl sites for hydroxylation is 1. The molecule has 1 aromatic carbocycles. The summed E-state index contributed by atoms with van der Waals surface area (Å²) in [6, 6.07) is 12.2. The number of thiophene rings is 1. The Morgan fingerprint density at radius 3 is 2.92 bits per heavy atom. The van der Waals surface area contributed by atoms with Crippen LogP contribution < -0.4 is 5.32 Å². The van der Waals surface area contributed by atoms with Crippen molar-refractivity contribution < 1.29 is 4.79 Å². The second-order valence-electron chi connectivity index (χ2n) is 5.42. The fourth-order valence-corrected chi connectivity index (χ4v) is 3.88. The summed E-state index contributed by atoms with van der Waals surface area (Å²) >= 11 is 3.11. The number of thioether (sulfide) groups is 1. The van der Waals surface area contributed by atoms with Crippen LogP contribution in [0.2, 0.25) is 0 Å². The van der Waals surface area contributed by atoms with Crippen LogP contribution in [0.25, 0.3) is 5.69 Å². The summed E-state index contributed by atoms with van der Waals surface area (Å²) in [6.07, 6.45) is 3.70. The van der Waals surface area contributed by atoms with Crippen LogP contribution in [0.1, 0.15) is 17.4 Å². The number of para-hydroxylation sites is 1. The van der Waals surface area contributed by atoms with E-state index in [1.807, 2.05) is 47.3 Å². The molecule has 1 atom stereocenters. The number of nitrogens with one attached hydrogen (secondary N) is 1. The first-order valence-corrected chi connectivity index (χ1v) is 9.47. The Morgan fingerprint density at radius 1 is 1.33 bits per heavy atom. The molecule has 0 saturated heterocycles. The fraction of sp³-hybridized carbons (Fsp3) is 0.222. The van der Waals surface area contributed by atoms with Gasteiger partial charge in [0.2, 0.25) is 5.91 Å². The third kappa shape index (κ3) is 3.88. The van der Waals surface area contributed by atoms with E-state index in [4.69, 9.17) is 0 Å². The number of hydrogen-bond acceptors (Lipinski definition) is 4. The smallest absolute Gasteiger partial charge is 0.233 e. The third-order valence-corrected chi connectivity index (χ3v) is 5.61.